The Bertz CT molecular complexity index is 502. The molecule has 1 aliphatic rings. The fourth-order valence-electron chi connectivity index (χ4n) is 2.10. The van der Waals surface area contributed by atoms with Gasteiger partial charge in [0.15, 0.2) is 5.78 Å². The molecule has 1 aromatic carbocycles. The second-order valence-electron chi connectivity index (χ2n) is 4.16. The van der Waals surface area contributed by atoms with E-state index in [-0.39, 0.29) is 11.5 Å². The predicted molar refractivity (Wildman–Crippen MR) is 62.9 cm³/mol. The van der Waals surface area contributed by atoms with Crippen molar-refractivity contribution in [2.45, 2.75) is 19.4 Å². The van der Waals surface area contributed by atoms with Crippen LogP contribution in [-0.4, -0.2) is 29.2 Å². The number of aromatic hydroxyl groups is 1. The Morgan fingerprint density at radius 2 is 2.06 bits per heavy atom. The normalized spacial score (nSPS) is 19.9. The van der Waals surface area contributed by atoms with Crippen LogP contribution in [0.5, 0.6) is 11.5 Å². The highest BCUT2D eigenvalue weighted by atomic mass is 16.5. The average molecular weight is 234 g/mol. The van der Waals surface area contributed by atoms with Gasteiger partial charge < -0.3 is 14.9 Å². The van der Waals surface area contributed by atoms with E-state index in [0.717, 1.165) is 5.57 Å². The zero-order valence-corrected chi connectivity index (χ0v) is 9.73. The number of carbonyl (C=O) groups is 1. The molecule has 4 heteroatoms. The van der Waals surface area contributed by atoms with E-state index in [2.05, 4.69) is 0 Å². The Kier molecular flexibility index (Phi) is 2.90. The van der Waals surface area contributed by atoms with Gasteiger partial charge in [-0.3, -0.25) is 4.79 Å². The molecule has 0 aliphatic heterocycles. The van der Waals surface area contributed by atoms with Crippen molar-refractivity contribution in [2.75, 3.05) is 7.11 Å². The number of aliphatic hydroxyl groups excluding tert-OH is 1. The Hall–Kier alpha value is -1.81. The van der Waals surface area contributed by atoms with Crippen molar-refractivity contribution in [3.8, 4) is 11.5 Å². The maximum atomic E-state index is 11.8. The number of methoxy groups -OCH3 is 1. The van der Waals surface area contributed by atoms with Crippen LogP contribution in [0.2, 0.25) is 0 Å². The highest BCUT2D eigenvalue weighted by Crippen LogP contribution is 2.34. The minimum absolute atomic E-state index is 0.0360. The third-order valence-corrected chi connectivity index (χ3v) is 2.89. The second kappa shape index (κ2) is 4.22. The Morgan fingerprint density at radius 1 is 1.35 bits per heavy atom. The summed E-state index contributed by atoms with van der Waals surface area (Å²) in [7, 11) is 1.49. The number of Topliss-reactive ketones (excluding diaryl/α,β-unsaturated/α-hetero) is 1. The predicted octanol–water partition coefficient (Wildman–Crippen LogP) is 1.51. The standard InChI is InChI=1S/C13H14O4/c1-7-3-11(15)13(16)12(7)8-4-9(14)6-10(5-8)17-2/h4-6,11,14-15H,3H2,1-2H3. The summed E-state index contributed by atoms with van der Waals surface area (Å²) in [6.07, 6.45) is -0.607. The summed E-state index contributed by atoms with van der Waals surface area (Å²) >= 11 is 0. The van der Waals surface area contributed by atoms with E-state index in [1.54, 1.807) is 13.0 Å². The number of phenols is 1. The number of aliphatic hydroxyl groups is 1. The van der Waals surface area contributed by atoms with Gasteiger partial charge >= 0.3 is 0 Å². The number of benzene rings is 1. The van der Waals surface area contributed by atoms with Crippen LogP contribution in [-0.2, 0) is 4.79 Å². The van der Waals surface area contributed by atoms with Gasteiger partial charge in [-0.1, -0.05) is 5.57 Å². The molecule has 2 N–H and O–H groups in total. The second-order valence-corrected chi connectivity index (χ2v) is 4.16. The van der Waals surface area contributed by atoms with E-state index in [9.17, 15) is 15.0 Å². The highest BCUT2D eigenvalue weighted by molar-refractivity contribution is 6.26. The molecule has 0 bridgehead atoms. The summed E-state index contributed by atoms with van der Waals surface area (Å²) in [5.74, 6) is 0.221. The van der Waals surface area contributed by atoms with Crippen LogP contribution in [0.3, 0.4) is 0 Å². The summed E-state index contributed by atoms with van der Waals surface area (Å²) in [4.78, 5) is 11.8. The van der Waals surface area contributed by atoms with E-state index in [4.69, 9.17) is 4.74 Å². The van der Waals surface area contributed by atoms with Crippen LogP contribution >= 0.6 is 0 Å². The third kappa shape index (κ3) is 2.03. The molecular formula is C13H14O4. The topological polar surface area (TPSA) is 66.8 Å². The Labute approximate surface area is 99.2 Å². The van der Waals surface area contributed by atoms with Crippen LogP contribution in [0.4, 0.5) is 0 Å². The first-order chi connectivity index (χ1) is 8.02. The van der Waals surface area contributed by atoms with Crippen molar-refractivity contribution in [1.29, 1.82) is 0 Å². The van der Waals surface area contributed by atoms with Crippen molar-refractivity contribution in [2.24, 2.45) is 0 Å². The first kappa shape index (κ1) is 11.7. The quantitative estimate of drug-likeness (QED) is 0.814. The van der Waals surface area contributed by atoms with Gasteiger partial charge in [0.1, 0.15) is 17.6 Å². The summed E-state index contributed by atoms with van der Waals surface area (Å²) in [5, 5.41) is 19.1. The fraction of sp³-hybridized carbons (Fsp3) is 0.308. The van der Waals surface area contributed by atoms with Crippen molar-refractivity contribution >= 4 is 11.4 Å². The van der Waals surface area contributed by atoms with Gasteiger partial charge in [0.25, 0.3) is 0 Å². The molecule has 1 aliphatic carbocycles. The summed E-state index contributed by atoms with van der Waals surface area (Å²) < 4.78 is 5.04. The third-order valence-electron chi connectivity index (χ3n) is 2.89. The number of ether oxygens (including phenoxy) is 1. The zero-order valence-electron chi connectivity index (χ0n) is 9.73. The lowest BCUT2D eigenvalue weighted by atomic mass is 10.0. The van der Waals surface area contributed by atoms with Gasteiger partial charge in [-0.15, -0.1) is 0 Å². The molecule has 1 atom stereocenters. The van der Waals surface area contributed by atoms with Crippen LogP contribution in [0.1, 0.15) is 18.9 Å². The number of carbonyl (C=O) groups excluding carboxylic acids is 1. The Balaban J connectivity index is 2.51. The van der Waals surface area contributed by atoms with E-state index < -0.39 is 6.10 Å². The number of rotatable bonds is 2. The molecule has 0 fully saturated rings. The van der Waals surface area contributed by atoms with Crippen LogP contribution < -0.4 is 4.74 Å². The number of hydrogen-bond acceptors (Lipinski definition) is 4. The van der Waals surface area contributed by atoms with Crippen molar-refractivity contribution in [3.63, 3.8) is 0 Å². The highest BCUT2D eigenvalue weighted by Gasteiger charge is 2.30. The molecule has 0 aromatic heterocycles. The molecule has 0 heterocycles. The summed E-state index contributed by atoms with van der Waals surface area (Å²) in [5.41, 5.74) is 1.89. The van der Waals surface area contributed by atoms with Gasteiger partial charge in [0, 0.05) is 18.1 Å². The lowest BCUT2D eigenvalue weighted by Gasteiger charge is -2.07. The SMILES string of the molecule is COc1cc(O)cc(C2=C(C)CC(O)C2=O)c1. The van der Waals surface area contributed by atoms with Gasteiger partial charge in [-0.2, -0.15) is 0 Å². The summed E-state index contributed by atoms with van der Waals surface area (Å²) in [6, 6.07) is 4.64. The van der Waals surface area contributed by atoms with E-state index in [0.29, 0.717) is 23.3 Å². The van der Waals surface area contributed by atoms with Crippen LogP contribution in [0.25, 0.3) is 5.57 Å². The lowest BCUT2D eigenvalue weighted by molar-refractivity contribution is -0.120. The van der Waals surface area contributed by atoms with Gasteiger partial charge in [0.2, 0.25) is 0 Å². The monoisotopic (exact) mass is 234 g/mol. The lowest BCUT2D eigenvalue weighted by Crippen LogP contribution is -2.14. The van der Waals surface area contributed by atoms with E-state index >= 15 is 0 Å². The van der Waals surface area contributed by atoms with Gasteiger partial charge in [-0.25, -0.2) is 0 Å². The molecule has 0 amide bonds. The van der Waals surface area contributed by atoms with Gasteiger partial charge in [-0.05, 0) is 24.6 Å². The molecular weight excluding hydrogens is 220 g/mol. The number of phenolic OH excluding ortho intramolecular Hbond substituents is 1. The molecule has 1 unspecified atom stereocenters. The van der Waals surface area contributed by atoms with Gasteiger partial charge in [0.05, 0.1) is 7.11 Å². The zero-order chi connectivity index (χ0) is 12.6. The Morgan fingerprint density at radius 3 is 2.59 bits per heavy atom. The first-order valence-corrected chi connectivity index (χ1v) is 5.33. The molecule has 0 saturated carbocycles. The smallest absolute Gasteiger partial charge is 0.192 e. The summed E-state index contributed by atoms with van der Waals surface area (Å²) in [6.45, 7) is 1.81. The molecule has 4 nitrogen and oxygen atoms in total. The molecule has 2 rings (SSSR count). The van der Waals surface area contributed by atoms with Crippen LogP contribution in [0.15, 0.2) is 23.8 Å². The van der Waals surface area contributed by atoms with Crippen LogP contribution in [0, 0.1) is 0 Å². The molecule has 90 valence electrons. The number of ketones is 1. The fourth-order valence-corrected chi connectivity index (χ4v) is 2.10. The molecule has 0 radical (unpaired) electrons. The molecule has 0 saturated heterocycles. The van der Waals surface area contributed by atoms with E-state index in [1.807, 2.05) is 0 Å². The maximum Gasteiger partial charge on any atom is 0.192 e. The van der Waals surface area contributed by atoms with E-state index in [1.165, 1.54) is 19.2 Å². The molecule has 17 heavy (non-hydrogen) atoms. The van der Waals surface area contributed by atoms with Crippen molar-refractivity contribution in [1.82, 2.24) is 0 Å². The minimum atomic E-state index is -0.960. The minimum Gasteiger partial charge on any atom is -0.508 e. The molecule has 1 aromatic rings. The molecule has 0 spiro atoms. The van der Waals surface area contributed by atoms with Crippen molar-refractivity contribution < 1.29 is 19.7 Å². The number of hydrogen-bond donors (Lipinski definition) is 2. The van der Waals surface area contributed by atoms with Crippen molar-refractivity contribution in [3.05, 3.63) is 29.3 Å². The average Bonchev–Trinajstić information content (AvgIpc) is 2.52. The largest absolute Gasteiger partial charge is 0.508 e. The first-order valence-electron chi connectivity index (χ1n) is 5.33. The maximum absolute atomic E-state index is 11.8.